The topological polar surface area (TPSA) is 38.3 Å². The molecule has 1 amide bonds. The van der Waals surface area contributed by atoms with E-state index >= 15 is 0 Å². The molecule has 0 saturated heterocycles. The first-order valence-corrected chi connectivity index (χ1v) is 6.67. The van der Waals surface area contributed by atoms with Crippen molar-refractivity contribution in [2.24, 2.45) is 0 Å². The Balaban J connectivity index is 2.85. The molecule has 0 saturated carbocycles. The molecule has 0 atom stereocenters. The highest BCUT2D eigenvalue weighted by Gasteiger charge is 2.17. The van der Waals surface area contributed by atoms with Crippen molar-refractivity contribution in [1.82, 2.24) is 0 Å². The van der Waals surface area contributed by atoms with Crippen LogP contribution in [0.1, 0.15) is 20.8 Å². The molecule has 1 rings (SSSR count). The molecule has 0 aliphatic rings. The fourth-order valence-electron chi connectivity index (χ4n) is 1.06. The molecular weight excluding hydrogens is 376 g/mol. The minimum absolute atomic E-state index is 0.460. The van der Waals surface area contributed by atoms with Crippen molar-refractivity contribution in [2.45, 2.75) is 26.4 Å². The predicted molar refractivity (Wildman–Crippen MR) is 79.0 cm³/mol. The van der Waals surface area contributed by atoms with Crippen molar-refractivity contribution in [3.8, 4) is 0 Å². The van der Waals surface area contributed by atoms with E-state index in [2.05, 4.69) is 5.32 Å². The van der Waals surface area contributed by atoms with Gasteiger partial charge in [-0.15, -0.1) is 0 Å². The molecule has 1 N–H and O–H groups in total. The van der Waals surface area contributed by atoms with Gasteiger partial charge in [-0.1, -0.05) is 23.2 Å². The lowest BCUT2D eigenvalue weighted by Crippen LogP contribution is -2.27. The fourth-order valence-corrected chi connectivity index (χ4v) is 2.00. The van der Waals surface area contributed by atoms with Crippen LogP contribution in [0.4, 0.5) is 10.5 Å². The molecule has 0 bridgehead atoms. The first-order chi connectivity index (χ1) is 7.69. The van der Waals surface area contributed by atoms with Crippen LogP contribution < -0.4 is 5.32 Å². The third-order valence-electron chi connectivity index (χ3n) is 1.63. The number of rotatable bonds is 1. The highest BCUT2D eigenvalue weighted by Crippen LogP contribution is 2.30. The number of nitrogens with one attached hydrogen (secondary N) is 1. The Labute approximate surface area is 124 Å². The van der Waals surface area contributed by atoms with Crippen molar-refractivity contribution in [3.05, 3.63) is 25.7 Å². The SMILES string of the molecule is CC(C)(C)OC(=O)Nc1cc(Cl)cc(Cl)c1I. The fraction of sp³-hybridized carbons (Fsp3) is 0.364. The average molecular weight is 388 g/mol. The van der Waals surface area contributed by atoms with Gasteiger partial charge in [0.25, 0.3) is 0 Å². The summed E-state index contributed by atoms with van der Waals surface area (Å²) in [4.78, 5) is 11.6. The maximum Gasteiger partial charge on any atom is 0.412 e. The number of benzene rings is 1. The molecule has 0 spiro atoms. The number of hydrogen-bond donors (Lipinski definition) is 1. The van der Waals surface area contributed by atoms with Gasteiger partial charge in [0.1, 0.15) is 5.60 Å². The lowest BCUT2D eigenvalue weighted by molar-refractivity contribution is 0.0636. The molecule has 0 unspecified atom stereocenters. The number of hydrogen-bond acceptors (Lipinski definition) is 2. The third kappa shape index (κ3) is 4.89. The summed E-state index contributed by atoms with van der Waals surface area (Å²) < 4.78 is 5.86. The highest BCUT2D eigenvalue weighted by atomic mass is 127. The van der Waals surface area contributed by atoms with Crippen LogP contribution in [-0.2, 0) is 4.74 Å². The molecule has 0 radical (unpaired) electrons. The van der Waals surface area contributed by atoms with Crippen molar-refractivity contribution < 1.29 is 9.53 Å². The van der Waals surface area contributed by atoms with E-state index in [-0.39, 0.29) is 0 Å². The van der Waals surface area contributed by atoms with Crippen molar-refractivity contribution >= 4 is 57.6 Å². The normalized spacial score (nSPS) is 11.2. The standard InChI is InChI=1S/C11H12Cl2INO2/c1-11(2,3)17-10(16)15-8-5-6(12)4-7(13)9(8)14/h4-5H,1-3H3,(H,15,16). The van der Waals surface area contributed by atoms with E-state index in [4.69, 9.17) is 27.9 Å². The Morgan fingerprint density at radius 1 is 1.35 bits per heavy atom. The van der Waals surface area contributed by atoms with Crippen LogP contribution in [-0.4, -0.2) is 11.7 Å². The van der Waals surface area contributed by atoms with Gasteiger partial charge in [-0.3, -0.25) is 5.32 Å². The van der Waals surface area contributed by atoms with Gasteiger partial charge in [-0.2, -0.15) is 0 Å². The average Bonchev–Trinajstić information content (AvgIpc) is 2.10. The number of carbonyl (C=O) groups excluding carboxylic acids is 1. The van der Waals surface area contributed by atoms with Gasteiger partial charge in [-0.25, -0.2) is 4.79 Å². The van der Waals surface area contributed by atoms with E-state index < -0.39 is 11.7 Å². The van der Waals surface area contributed by atoms with Crippen LogP contribution in [0.5, 0.6) is 0 Å². The lowest BCUT2D eigenvalue weighted by Gasteiger charge is -2.20. The molecule has 0 aliphatic heterocycles. The maximum atomic E-state index is 11.6. The Morgan fingerprint density at radius 2 is 1.94 bits per heavy atom. The minimum atomic E-state index is -0.544. The van der Waals surface area contributed by atoms with Crippen LogP contribution >= 0.6 is 45.8 Å². The molecule has 0 fully saturated rings. The van der Waals surface area contributed by atoms with E-state index in [9.17, 15) is 4.79 Å². The van der Waals surface area contributed by atoms with E-state index in [1.54, 1.807) is 32.9 Å². The van der Waals surface area contributed by atoms with E-state index in [1.807, 2.05) is 22.6 Å². The number of anilines is 1. The molecule has 1 aromatic rings. The van der Waals surface area contributed by atoms with E-state index in [0.717, 1.165) is 3.57 Å². The Kier molecular flexibility index (Phi) is 4.92. The lowest BCUT2D eigenvalue weighted by atomic mass is 10.2. The maximum absolute atomic E-state index is 11.6. The third-order valence-corrected chi connectivity index (χ3v) is 3.63. The first kappa shape index (κ1) is 14.9. The monoisotopic (exact) mass is 387 g/mol. The zero-order valence-electron chi connectivity index (χ0n) is 9.61. The van der Waals surface area contributed by atoms with Crippen LogP contribution in [0.15, 0.2) is 12.1 Å². The van der Waals surface area contributed by atoms with Crippen LogP contribution in [0, 0.1) is 3.57 Å². The minimum Gasteiger partial charge on any atom is -0.444 e. The molecule has 1 aromatic carbocycles. The second kappa shape index (κ2) is 5.63. The summed E-state index contributed by atoms with van der Waals surface area (Å²) in [5.41, 5.74) is -0.00455. The summed E-state index contributed by atoms with van der Waals surface area (Å²) in [5, 5.41) is 3.56. The Bertz CT molecular complexity index is 444. The molecule has 17 heavy (non-hydrogen) atoms. The highest BCUT2D eigenvalue weighted by molar-refractivity contribution is 14.1. The number of ether oxygens (including phenoxy) is 1. The molecule has 3 nitrogen and oxygen atoms in total. The van der Waals surface area contributed by atoms with E-state index in [1.165, 1.54) is 0 Å². The second-order valence-corrected chi connectivity index (χ2v) is 6.30. The van der Waals surface area contributed by atoms with Crippen molar-refractivity contribution in [1.29, 1.82) is 0 Å². The molecular formula is C11H12Cl2INO2. The summed E-state index contributed by atoms with van der Waals surface area (Å²) in [6.07, 6.45) is -0.534. The number of halogens is 3. The first-order valence-electron chi connectivity index (χ1n) is 4.83. The summed E-state index contributed by atoms with van der Waals surface area (Å²) in [6, 6.07) is 3.24. The van der Waals surface area contributed by atoms with Crippen LogP contribution in [0.3, 0.4) is 0 Å². The summed E-state index contributed by atoms with van der Waals surface area (Å²) >= 11 is 13.8. The van der Waals surface area contributed by atoms with Gasteiger partial charge >= 0.3 is 6.09 Å². The van der Waals surface area contributed by atoms with E-state index in [0.29, 0.717) is 15.7 Å². The van der Waals surface area contributed by atoms with Crippen LogP contribution in [0.2, 0.25) is 10.0 Å². The smallest absolute Gasteiger partial charge is 0.412 e. The predicted octanol–water partition coefficient (Wildman–Crippen LogP) is 4.95. The molecule has 0 aliphatic carbocycles. The van der Waals surface area contributed by atoms with Crippen LogP contribution in [0.25, 0.3) is 0 Å². The van der Waals surface area contributed by atoms with Gasteiger partial charge in [-0.05, 0) is 55.5 Å². The van der Waals surface area contributed by atoms with Crippen molar-refractivity contribution in [2.75, 3.05) is 5.32 Å². The zero-order chi connectivity index (χ0) is 13.2. The van der Waals surface area contributed by atoms with Gasteiger partial charge < -0.3 is 4.74 Å². The summed E-state index contributed by atoms with van der Waals surface area (Å²) in [6.45, 7) is 5.38. The largest absolute Gasteiger partial charge is 0.444 e. The molecule has 0 heterocycles. The van der Waals surface area contributed by atoms with Crippen molar-refractivity contribution in [3.63, 3.8) is 0 Å². The summed E-state index contributed by atoms with van der Waals surface area (Å²) in [7, 11) is 0. The molecule has 0 aromatic heterocycles. The zero-order valence-corrected chi connectivity index (χ0v) is 13.3. The Morgan fingerprint density at radius 3 is 2.47 bits per heavy atom. The van der Waals surface area contributed by atoms with Gasteiger partial charge in [0.2, 0.25) is 0 Å². The number of amides is 1. The van der Waals surface area contributed by atoms with Gasteiger partial charge in [0, 0.05) is 5.02 Å². The molecule has 6 heteroatoms. The van der Waals surface area contributed by atoms with Gasteiger partial charge in [0.15, 0.2) is 0 Å². The second-order valence-electron chi connectivity index (χ2n) is 4.38. The number of carbonyl (C=O) groups is 1. The van der Waals surface area contributed by atoms with Gasteiger partial charge in [0.05, 0.1) is 14.3 Å². The Hall–Kier alpha value is -0.200. The quantitative estimate of drug-likeness (QED) is 0.547. The molecule has 94 valence electrons. The summed E-state index contributed by atoms with van der Waals surface area (Å²) in [5.74, 6) is 0.